The Labute approximate surface area is 191 Å². The molecule has 0 aliphatic carbocycles. The van der Waals surface area contributed by atoms with Crippen molar-refractivity contribution in [1.29, 1.82) is 0 Å². The monoisotopic (exact) mass is 503 g/mol. The summed E-state index contributed by atoms with van der Waals surface area (Å²) in [5, 5.41) is 16.1. The number of nitrogens with zero attached hydrogens (tertiary/aromatic N) is 2. The highest BCUT2D eigenvalue weighted by Crippen LogP contribution is 2.33. The van der Waals surface area contributed by atoms with E-state index in [2.05, 4.69) is 20.0 Å². The van der Waals surface area contributed by atoms with Gasteiger partial charge in [-0.2, -0.15) is 21.6 Å². The van der Waals surface area contributed by atoms with Gasteiger partial charge < -0.3 is 19.9 Å². The summed E-state index contributed by atoms with van der Waals surface area (Å²) in [7, 11) is -0.652. The summed E-state index contributed by atoms with van der Waals surface area (Å²) < 4.78 is 66.7. The number of anilines is 2. The number of carboxylic acids is 1. The molecule has 15 heteroatoms. The molecule has 1 heterocycles. The highest BCUT2D eigenvalue weighted by atomic mass is 32.2. The standard InChI is InChI=1S/C17H19N5O4S.C2HF3O2/c1-25-15-7-13-14(8-16(15)26-2)20-10-21-17(13)19-9-11-3-5-12(6-4-11)22-27(18,23)24;3-2(4,5)1(6)7/h3-8,10,22H,9H2,1-2H3,(H2,18,23,24)(H,19,20,21);(H,6,7). The number of ether oxygens (including phenoxy) is 2. The molecule has 0 fully saturated rings. The molecular formula is C19H20F3N5O6S. The number of aliphatic carboxylic acids is 1. The van der Waals surface area contributed by atoms with Gasteiger partial charge in [0.1, 0.15) is 12.1 Å². The molecule has 0 saturated heterocycles. The van der Waals surface area contributed by atoms with Crippen LogP contribution in [0.3, 0.4) is 0 Å². The van der Waals surface area contributed by atoms with Crippen molar-refractivity contribution in [2.24, 2.45) is 5.14 Å². The smallest absolute Gasteiger partial charge is 0.490 e. The first-order chi connectivity index (χ1) is 15.8. The number of alkyl halides is 3. The minimum Gasteiger partial charge on any atom is -0.493 e. The number of benzene rings is 2. The van der Waals surface area contributed by atoms with Crippen LogP contribution in [0, 0.1) is 0 Å². The fraction of sp³-hybridized carbons (Fsp3) is 0.211. The van der Waals surface area contributed by atoms with Gasteiger partial charge in [-0.05, 0) is 23.8 Å². The van der Waals surface area contributed by atoms with Gasteiger partial charge in [0.05, 0.1) is 19.7 Å². The number of carboxylic acid groups (broad SMARTS) is 1. The van der Waals surface area contributed by atoms with Crippen molar-refractivity contribution >= 4 is 38.6 Å². The molecule has 11 nitrogen and oxygen atoms in total. The van der Waals surface area contributed by atoms with E-state index in [1.165, 1.54) is 6.33 Å². The van der Waals surface area contributed by atoms with Gasteiger partial charge in [-0.3, -0.25) is 4.72 Å². The Kier molecular flexibility index (Phi) is 8.42. The number of carbonyl (C=O) groups is 1. The average molecular weight is 503 g/mol. The summed E-state index contributed by atoms with van der Waals surface area (Å²) >= 11 is 0. The van der Waals surface area contributed by atoms with Crippen LogP contribution in [0.15, 0.2) is 42.7 Å². The second-order valence-corrected chi connectivity index (χ2v) is 7.74. The first-order valence-electron chi connectivity index (χ1n) is 9.14. The van der Waals surface area contributed by atoms with Crippen LogP contribution in [0.4, 0.5) is 24.7 Å². The quantitative estimate of drug-likeness (QED) is 0.379. The number of methoxy groups -OCH3 is 2. The molecule has 0 aliphatic heterocycles. The maximum Gasteiger partial charge on any atom is 0.490 e. The number of fused-ring (bicyclic) bond motifs is 1. The maximum atomic E-state index is 11.0. The summed E-state index contributed by atoms with van der Waals surface area (Å²) in [6.45, 7) is 0.482. The van der Waals surface area contributed by atoms with E-state index in [4.69, 9.17) is 24.5 Å². The van der Waals surface area contributed by atoms with Crippen LogP contribution in [0.5, 0.6) is 11.5 Å². The van der Waals surface area contributed by atoms with Crippen LogP contribution in [0.1, 0.15) is 5.56 Å². The van der Waals surface area contributed by atoms with Gasteiger partial charge in [0, 0.05) is 23.7 Å². The second kappa shape index (κ2) is 10.8. The molecule has 0 aliphatic rings. The number of nitrogens with two attached hydrogens (primary N) is 1. The van der Waals surface area contributed by atoms with Gasteiger partial charge in [0.25, 0.3) is 10.2 Å². The molecule has 0 unspecified atom stereocenters. The molecule has 0 saturated carbocycles. The molecule has 0 spiro atoms. The minimum atomic E-state index is -5.08. The summed E-state index contributed by atoms with van der Waals surface area (Å²) in [4.78, 5) is 17.5. The summed E-state index contributed by atoms with van der Waals surface area (Å²) in [6, 6.07) is 10.4. The molecule has 3 rings (SSSR count). The SMILES string of the molecule is COc1cc2ncnc(NCc3ccc(NS(N)(=O)=O)cc3)c2cc1OC.O=C(O)C(F)(F)F. The predicted molar refractivity (Wildman–Crippen MR) is 117 cm³/mol. The van der Waals surface area contributed by atoms with Gasteiger partial charge >= 0.3 is 12.1 Å². The molecule has 2 aromatic carbocycles. The Morgan fingerprint density at radius 1 is 1.09 bits per heavy atom. The molecule has 0 radical (unpaired) electrons. The third kappa shape index (κ3) is 7.63. The number of rotatable bonds is 7. The molecule has 0 bridgehead atoms. The highest BCUT2D eigenvalue weighted by Gasteiger charge is 2.38. The third-order valence-corrected chi connectivity index (χ3v) is 4.58. The zero-order chi connectivity index (χ0) is 25.5. The number of nitrogens with one attached hydrogen (secondary N) is 2. The first-order valence-corrected chi connectivity index (χ1v) is 10.7. The normalized spacial score (nSPS) is 11.2. The number of hydrogen-bond acceptors (Lipinski definition) is 8. The van der Waals surface area contributed by atoms with Gasteiger partial charge in [-0.25, -0.2) is 19.9 Å². The largest absolute Gasteiger partial charge is 0.493 e. The van der Waals surface area contributed by atoms with Crippen LogP contribution in [-0.4, -0.2) is 49.9 Å². The van der Waals surface area contributed by atoms with Crippen LogP contribution in [0.2, 0.25) is 0 Å². The van der Waals surface area contributed by atoms with E-state index >= 15 is 0 Å². The summed E-state index contributed by atoms with van der Waals surface area (Å²) in [5.74, 6) is -0.936. The van der Waals surface area contributed by atoms with E-state index in [1.807, 2.05) is 6.07 Å². The highest BCUT2D eigenvalue weighted by molar-refractivity contribution is 7.90. The Hall–Kier alpha value is -3.85. The zero-order valence-electron chi connectivity index (χ0n) is 17.8. The molecule has 0 amide bonds. The molecule has 0 atom stereocenters. The average Bonchev–Trinajstić information content (AvgIpc) is 2.76. The lowest BCUT2D eigenvalue weighted by Gasteiger charge is -2.12. The molecule has 184 valence electrons. The van der Waals surface area contributed by atoms with Crippen molar-refractivity contribution in [2.45, 2.75) is 12.7 Å². The van der Waals surface area contributed by atoms with E-state index in [0.29, 0.717) is 29.5 Å². The Morgan fingerprint density at radius 3 is 2.15 bits per heavy atom. The third-order valence-electron chi connectivity index (χ3n) is 4.06. The van der Waals surface area contributed by atoms with Crippen LogP contribution >= 0.6 is 0 Å². The maximum absolute atomic E-state index is 11.0. The topological polar surface area (TPSA) is 166 Å². The number of hydrogen-bond donors (Lipinski definition) is 4. The summed E-state index contributed by atoms with van der Waals surface area (Å²) in [5.41, 5.74) is 2.05. The van der Waals surface area contributed by atoms with Crippen molar-refractivity contribution in [3.8, 4) is 11.5 Å². The fourth-order valence-electron chi connectivity index (χ4n) is 2.56. The number of halogens is 3. The molecule has 5 N–H and O–H groups in total. The van der Waals surface area contributed by atoms with E-state index in [1.54, 1.807) is 44.6 Å². The molecule has 34 heavy (non-hydrogen) atoms. The molecular weight excluding hydrogens is 483 g/mol. The van der Waals surface area contributed by atoms with E-state index in [9.17, 15) is 21.6 Å². The molecule has 3 aromatic rings. The van der Waals surface area contributed by atoms with Gasteiger partial charge in [0.2, 0.25) is 0 Å². The van der Waals surface area contributed by atoms with E-state index in [-0.39, 0.29) is 0 Å². The predicted octanol–water partition coefficient (Wildman–Crippen LogP) is 2.51. The van der Waals surface area contributed by atoms with Crippen molar-refractivity contribution < 1.29 is 41.0 Å². The lowest BCUT2D eigenvalue weighted by atomic mass is 10.2. The lowest BCUT2D eigenvalue weighted by molar-refractivity contribution is -0.192. The van der Waals surface area contributed by atoms with E-state index in [0.717, 1.165) is 16.5 Å². The first kappa shape index (κ1) is 26.4. The van der Waals surface area contributed by atoms with Crippen molar-refractivity contribution in [1.82, 2.24) is 9.97 Å². The van der Waals surface area contributed by atoms with Crippen LogP contribution < -0.4 is 24.7 Å². The van der Waals surface area contributed by atoms with Gasteiger partial charge in [-0.15, -0.1) is 0 Å². The van der Waals surface area contributed by atoms with E-state index < -0.39 is 22.4 Å². The van der Waals surface area contributed by atoms with Crippen LogP contribution in [0.25, 0.3) is 10.9 Å². The van der Waals surface area contributed by atoms with Crippen molar-refractivity contribution in [2.75, 3.05) is 24.3 Å². The number of aromatic nitrogens is 2. The van der Waals surface area contributed by atoms with Crippen molar-refractivity contribution in [3.05, 3.63) is 48.3 Å². The zero-order valence-corrected chi connectivity index (χ0v) is 18.6. The lowest BCUT2D eigenvalue weighted by Crippen LogP contribution is -2.21. The molecule has 1 aromatic heterocycles. The summed E-state index contributed by atoms with van der Waals surface area (Å²) in [6.07, 6.45) is -3.62. The second-order valence-electron chi connectivity index (χ2n) is 6.45. The van der Waals surface area contributed by atoms with Gasteiger partial charge in [-0.1, -0.05) is 12.1 Å². The Balaban J connectivity index is 0.000000509. The minimum absolute atomic E-state index is 0.394. The Morgan fingerprint density at radius 2 is 1.65 bits per heavy atom. The fourth-order valence-corrected chi connectivity index (χ4v) is 3.03. The van der Waals surface area contributed by atoms with Crippen LogP contribution in [-0.2, 0) is 21.5 Å². The Bertz CT molecular complexity index is 1250. The van der Waals surface area contributed by atoms with Crippen molar-refractivity contribution in [3.63, 3.8) is 0 Å². The van der Waals surface area contributed by atoms with Gasteiger partial charge in [0.15, 0.2) is 11.5 Å².